The molecule has 1 saturated heterocycles. The minimum Gasteiger partial charge on any atom is -0.468 e. The number of alkyl carbamates (subject to hydrolysis) is 1. The number of hydrogen-bond donors (Lipinski definition) is 1. The molecule has 7 nitrogen and oxygen atoms in total. The first kappa shape index (κ1) is 19.8. The highest BCUT2D eigenvalue weighted by Gasteiger charge is 2.51. The molecule has 26 heavy (non-hydrogen) atoms. The Hall–Kier alpha value is -2.57. The van der Waals surface area contributed by atoms with Crippen molar-refractivity contribution in [2.24, 2.45) is 5.92 Å². The van der Waals surface area contributed by atoms with Gasteiger partial charge in [-0.1, -0.05) is 50.6 Å². The molecule has 1 aliphatic rings. The molecule has 0 aromatic heterocycles. The minimum atomic E-state index is -1.06. The van der Waals surface area contributed by atoms with Crippen molar-refractivity contribution in [2.45, 2.75) is 38.8 Å². The van der Waals surface area contributed by atoms with E-state index in [1.807, 2.05) is 44.2 Å². The van der Waals surface area contributed by atoms with E-state index in [0.29, 0.717) is 19.4 Å². The first-order chi connectivity index (χ1) is 12.4. The fraction of sp³-hybridized carbons (Fsp3) is 0.526. The summed E-state index contributed by atoms with van der Waals surface area (Å²) in [5.41, 5.74) is -0.193. The molecular formula is C19H26N2O5. The number of amides is 2. The van der Waals surface area contributed by atoms with Crippen LogP contribution in [0.4, 0.5) is 4.79 Å². The first-order valence-corrected chi connectivity index (χ1v) is 8.78. The lowest BCUT2D eigenvalue weighted by Gasteiger charge is -2.33. The van der Waals surface area contributed by atoms with Gasteiger partial charge in [0.1, 0.15) is 18.7 Å². The first-order valence-electron chi connectivity index (χ1n) is 8.78. The van der Waals surface area contributed by atoms with Crippen LogP contribution in [0.2, 0.25) is 0 Å². The van der Waals surface area contributed by atoms with Crippen molar-refractivity contribution in [3.05, 3.63) is 35.9 Å². The molecule has 1 aromatic carbocycles. The van der Waals surface area contributed by atoms with E-state index in [0.717, 1.165) is 5.56 Å². The van der Waals surface area contributed by atoms with Gasteiger partial charge in [0.05, 0.1) is 7.11 Å². The van der Waals surface area contributed by atoms with Crippen molar-refractivity contribution in [2.75, 3.05) is 20.2 Å². The molecule has 1 heterocycles. The number of esters is 1. The molecular weight excluding hydrogens is 336 g/mol. The lowest BCUT2D eigenvalue weighted by Crippen LogP contribution is -2.58. The lowest BCUT2D eigenvalue weighted by atomic mass is 9.82. The molecule has 2 atom stereocenters. The zero-order chi connectivity index (χ0) is 19.2. The standard InChI is InChI=1S/C19H26N2O5/c1-4-14(2)19(10-11-21(17(19)23)12-16(22)25-3)20-18(24)26-13-15-8-6-5-7-9-15/h5-9,14H,4,10-13H2,1-3H3,(H,20,24)/t14-,19-/m0/s1. The summed E-state index contributed by atoms with van der Waals surface area (Å²) < 4.78 is 9.92. The second-order valence-corrected chi connectivity index (χ2v) is 6.52. The van der Waals surface area contributed by atoms with E-state index >= 15 is 0 Å². The lowest BCUT2D eigenvalue weighted by molar-refractivity contribution is -0.147. The van der Waals surface area contributed by atoms with Crippen LogP contribution in [0.5, 0.6) is 0 Å². The number of nitrogens with one attached hydrogen (secondary N) is 1. The average Bonchev–Trinajstić information content (AvgIpc) is 2.97. The molecule has 1 fully saturated rings. The maximum Gasteiger partial charge on any atom is 0.408 e. The van der Waals surface area contributed by atoms with Crippen molar-refractivity contribution in [3.8, 4) is 0 Å². The van der Waals surface area contributed by atoms with Gasteiger partial charge in [0.15, 0.2) is 0 Å². The molecule has 7 heteroatoms. The maximum absolute atomic E-state index is 12.9. The van der Waals surface area contributed by atoms with Crippen LogP contribution in [-0.2, 0) is 25.7 Å². The van der Waals surface area contributed by atoms with Crippen LogP contribution in [0.25, 0.3) is 0 Å². The molecule has 0 saturated carbocycles. The summed E-state index contributed by atoms with van der Waals surface area (Å²) in [6.45, 7) is 4.27. The molecule has 2 amide bonds. The fourth-order valence-electron chi connectivity index (χ4n) is 3.16. The Morgan fingerprint density at radius 1 is 1.31 bits per heavy atom. The van der Waals surface area contributed by atoms with Gasteiger partial charge in [-0.15, -0.1) is 0 Å². The summed E-state index contributed by atoms with van der Waals surface area (Å²) in [5.74, 6) is -0.846. The molecule has 1 N–H and O–H groups in total. The van der Waals surface area contributed by atoms with Gasteiger partial charge in [-0.25, -0.2) is 4.79 Å². The van der Waals surface area contributed by atoms with E-state index in [4.69, 9.17) is 4.74 Å². The molecule has 0 bridgehead atoms. The second kappa shape index (κ2) is 8.69. The Morgan fingerprint density at radius 2 is 2.00 bits per heavy atom. The Labute approximate surface area is 153 Å². The number of rotatable bonds is 7. The summed E-state index contributed by atoms with van der Waals surface area (Å²) in [5, 5.41) is 2.78. The van der Waals surface area contributed by atoms with E-state index in [9.17, 15) is 14.4 Å². The second-order valence-electron chi connectivity index (χ2n) is 6.52. The van der Waals surface area contributed by atoms with Gasteiger partial charge in [-0.3, -0.25) is 9.59 Å². The highest BCUT2D eigenvalue weighted by Crippen LogP contribution is 2.32. The Bertz CT molecular complexity index is 649. The third-order valence-corrected chi connectivity index (χ3v) is 4.98. The van der Waals surface area contributed by atoms with Crippen molar-refractivity contribution in [1.82, 2.24) is 10.2 Å². The van der Waals surface area contributed by atoms with Gasteiger partial charge < -0.3 is 19.7 Å². The molecule has 2 rings (SSSR count). The largest absolute Gasteiger partial charge is 0.468 e. The molecule has 1 aromatic rings. The number of hydrogen-bond acceptors (Lipinski definition) is 5. The van der Waals surface area contributed by atoms with E-state index < -0.39 is 17.6 Å². The van der Waals surface area contributed by atoms with Crippen LogP contribution in [-0.4, -0.2) is 48.6 Å². The molecule has 0 unspecified atom stereocenters. The van der Waals surface area contributed by atoms with Crippen LogP contribution < -0.4 is 5.32 Å². The van der Waals surface area contributed by atoms with Gasteiger partial charge in [0.25, 0.3) is 0 Å². The number of nitrogens with zero attached hydrogens (tertiary/aromatic N) is 1. The monoisotopic (exact) mass is 362 g/mol. The van der Waals surface area contributed by atoms with Crippen molar-refractivity contribution >= 4 is 18.0 Å². The van der Waals surface area contributed by atoms with Crippen LogP contribution in [0.15, 0.2) is 30.3 Å². The van der Waals surface area contributed by atoms with Gasteiger partial charge in [-0.2, -0.15) is 0 Å². The van der Waals surface area contributed by atoms with Crippen molar-refractivity contribution in [1.29, 1.82) is 0 Å². The Morgan fingerprint density at radius 3 is 2.62 bits per heavy atom. The van der Waals surface area contributed by atoms with E-state index in [-0.39, 0.29) is 25.0 Å². The zero-order valence-electron chi connectivity index (χ0n) is 15.5. The van der Waals surface area contributed by atoms with Crippen molar-refractivity contribution < 1.29 is 23.9 Å². The zero-order valence-corrected chi connectivity index (χ0v) is 15.5. The highest BCUT2D eigenvalue weighted by molar-refractivity contribution is 5.94. The molecule has 142 valence electrons. The summed E-state index contributed by atoms with van der Waals surface area (Å²) in [7, 11) is 1.28. The summed E-state index contributed by atoms with van der Waals surface area (Å²) in [6.07, 6.45) is 0.497. The number of carbonyl (C=O) groups is 3. The highest BCUT2D eigenvalue weighted by atomic mass is 16.5. The van der Waals surface area contributed by atoms with E-state index in [2.05, 4.69) is 10.1 Å². The van der Waals surface area contributed by atoms with Gasteiger partial charge >= 0.3 is 12.1 Å². The molecule has 0 spiro atoms. The van der Waals surface area contributed by atoms with Crippen LogP contribution >= 0.6 is 0 Å². The number of benzene rings is 1. The topological polar surface area (TPSA) is 84.9 Å². The number of likely N-dealkylation sites (tertiary alicyclic amines) is 1. The number of ether oxygens (including phenoxy) is 2. The normalized spacial score (nSPS) is 20.6. The average molecular weight is 362 g/mol. The van der Waals surface area contributed by atoms with Gasteiger partial charge in [-0.05, 0) is 17.9 Å². The van der Waals surface area contributed by atoms with Crippen LogP contribution in [0, 0.1) is 5.92 Å². The fourth-order valence-corrected chi connectivity index (χ4v) is 3.16. The predicted molar refractivity (Wildman–Crippen MR) is 95.2 cm³/mol. The molecule has 1 aliphatic heterocycles. The van der Waals surface area contributed by atoms with Crippen LogP contribution in [0.3, 0.4) is 0 Å². The minimum absolute atomic E-state index is 0.0954. The Kier molecular flexibility index (Phi) is 6.60. The third kappa shape index (κ3) is 4.33. The van der Waals surface area contributed by atoms with Crippen LogP contribution in [0.1, 0.15) is 32.3 Å². The molecule has 0 radical (unpaired) electrons. The molecule has 0 aliphatic carbocycles. The smallest absolute Gasteiger partial charge is 0.408 e. The van der Waals surface area contributed by atoms with E-state index in [1.54, 1.807) is 0 Å². The Balaban J connectivity index is 2.06. The number of methoxy groups -OCH3 is 1. The predicted octanol–water partition coefficient (Wildman–Crippen LogP) is 2.10. The summed E-state index contributed by atoms with van der Waals surface area (Å²) >= 11 is 0. The van der Waals surface area contributed by atoms with Gasteiger partial charge in [0, 0.05) is 6.54 Å². The quantitative estimate of drug-likeness (QED) is 0.751. The SMILES string of the molecule is CC[C@H](C)[C@@]1(NC(=O)OCc2ccccc2)CCN(CC(=O)OC)C1=O. The summed E-state index contributed by atoms with van der Waals surface area (Å²) in [4.78, 5) is 38.2. The number of carbonyl (C=O) groups excluding carboxylic acids is 3. The van der Waals surface area contributed by atoms with Crippen molar-refractivity contribution in [3.63, 3.8) is 0 Å². The maximum atomic E-state index is 12.9. The summed E-state index contributed by atoms with van der Waals surface area (Å²) in [6, 6.07) is 9.33. The van der Waals surface area contributed by atoms with E-state index in [1.165, 1.54) is 12.0 Å². The third-order valence-electron chi connectivity index (χ3n) is 4.98. The van der Waals surface area contributed by atoms with Gasteiger partial charge in [0.2, 0.25) is 5.91 Å².